The number of thiazole rings is 1. The van der Waals surface area contributed by atoms with E-state index in [1.54, 1.807) is 16.3 Å². The van der Waals surface area contributed by atoms with E-state index < -0.39 is 0 Å². The molecular weight excluding hydrogens is 420 g/mol. The van der Waals surface area contributed by atoms with Crippen LogP contribution < -0.4 is 10.2 Å². The molecular formula is C18H17BrN2O2S2. The molecule has 0 atom stereocenters. The molecule has 1 aromatic heterocycles. The highest BCUT2D eigenvalue weighted by atomic mass is 79.9. The number of hydrogen-bond donors (Lipinski definition) is 1. The minimum atomic E-state index is -0.0382. The van der Waals surface area contributed by atoms with Crippen LogP contribution in [0.25, 0.3) is 10.2 Å². The van der Waals surface area contributed by atoms with Crippen molar-refractivity contribution >= 4 is 60.8 Å². The predicted molar refractivity (Wildman–Crippen MR) is 111 cm³/mol. The number of nitrogens with zero attached hydrogens (tertiary/aromatic N) is 1. The van der Waals surface area contributed by atoms with Crippen LogP contribution in [0.3, 0.4) is 0 Å². The standard InChI is InChI=1S/C18H17BrN2O2S2/c1-2-21-15-8-7-14(9-16(15)25-18(21)23)20-17(22)11-24-10-12-3-5-13(19)6-4-12/h3-9H,2,10-11H2,1H3,(H,20,22). The van der Waals surface area contributed by atoms with Crippen LogP contribution in [-0.2, 0) is 17.1 Å². The second-order valence-corrected chi connectivity index (χ2v) is 8.36. The lowest BCUT2D eigenvalue weighted by molar-refractivity contribution is -0.113. The summed E-state index contributed by atoms with van der Waals surface area (Å²) in [5, 5.41) is 2.90. The summed E-state index contributed by atoms with van der Waals surface area (Å²) in [6.07, 6.45) is 0. The zero-order valence-corrected chi connectivity index (χ0v) is 16.8. The minimum absolute atomic E-state index is 0.0334. The van der Waals surface area contributed by atoms with Crippen molar-refractivity contribution in [1.29, 1.82) is 0 Å². The summed E-state index contributed by atoms with van der Waals surface area (Å²) in [6.45, 7) is 2.60. The average molecular weight is 437 g/mol. The maximum atomic E-state index is 12.1. The van der Waals surface area contributed by atoms with Crippen molar-refractivity contribution in [3.8, 4) is 0 Å². The van der Waals surface area contributed by atoms with Gasteiger partial charge < -0.3 is 5.32 Å². The molecule has 25 heavy (non-hydrogen) atoms. The SMILES string of the molecule is CCn1c(=O)sc2cc(NC(=O)CSCc3ccc(Br)cc3)ccc21. The molecule has 3 rings (SSSR count). The second kappa shape index (κ2) is 8.21. The van der Waals surface area contributed by atoms with Crippen molar-refractivity contribution in [2.24, 2.45) is 0 Å². The van der Waals surface area contributed by atoms with E-state index in [2.05, 4.69) is 21.2 Å². The Labute approximate surface area is 162 Å². The zero-order chi connectivity index (χ0) is 17.8. The first kappa shape index (κ1) is 18.2. The molecule has 130 valence electrons. The average Bonchev–Trinajstić information content (AvgIpc) is 2.91. The number of anilines is 1. The fraction of sp³-hybridized carbons (Fsp3) is 0.222. The fourth-order valence-electron chi connectivity index (χ4n) is 2.48. The first-order valence-corrected chi connectivity index (χ1v) is 10.6. The van der Waals surface area contributed by atoms with E-state index in [-0.39, 0.29) is 10.8 Å². The molecule has 2 aromatic carbocycles. The topological polar surface area (TPSA) is 51.1 Å². The molecule has 0 aliphatic carbocycles. The number of thioether (sulfide) groups is 1. The summed E-state index contributed by atoms with van der Waals surface area (Å²) in [5.41, 5.74) is 2.83. The number of nitrogens with one attached hydrogen (secondary N) is 1. The van der Waals surface area contributed by atoms with E-state index in [1.165, 1.54) is 16.9 Å². The quantitative estimate of drug-likeness (QED) is 0.607. The highest BCUT2D eigenvalue weighted by molar-refractivity contribution is 9.10. The highest BCUT2D eigenvalue weighted by Crippen LogP contribution is 2.22. The van der Waals surface area contributed by atoms with E-state index >= 15 is 0 Å². The van der Waals surface area contributed by atoms with Gasteiger partial charge in [-0.1, -0.05) is 39.4 Å². The Balaban J connectivity index is 1.58. The normalized spacial score (nSPS) is 11.0. The summed E-state index contributed by atoms with van der Waals surface area (Å²) in [7, 11) is 0. The number of carbonyl (C=O) groups excluding carboxylic acids is 1. The van der Waals surface area contributed by atoms with Crippen molar-refractivity contribution in [1.82, 2.24) is 4.57 Å². The van der Waals surface area contributed by atoms with E-state index in [9.17, 15) is 9.59 Å². The lowest BCUT2D eigenvalue weighted by atomic mass is 10.2. The van der Waals surface area contributed by atoms with Crippen LogP contribution in [0.1, 0.15) is 12.5 Å². The third kappa shape index (κ3) is 4.54. The first-order valence-electron chi connectivity index (χ1n) is 7.82. The van der Waals surface area contributed by atoms with Gasteiger partial charge in [0.25, 0.3) is 0 Å². The number of amides is 1. The van der Waals surface area contributed by atoms with Gasteiger partial charge in [0.15, 0.2) is 0 Å². The smallest absolute Gasteiger partial charge is 0.308 e. The Kier molecular flexibility index (Phi) is 5.98. The van der Waals surface area contributed by atoms with Gasteiger partial charge in [-0.25, -0.2) is 0 Å². The maximum Gasteiger partial charge on any atom is 0.308 e. The number of benzene rings is 2. The maximum absolute atomic E-state index is 12.1. The molecule has 0 radical (unpaired) electrons. The monoisotopic (exact) mass is 436 g/mol. The lowest BCUT2D eigenvalue weighted by Crippen LogP contribution is -2.14. The predicted octanol–water partition coefficient (Wildman–Crippen LogP) is 4.72. The Morgan fingerprint density at radius 2 is 2.00 bits per heavy atom. The molecule has 0 fully saturated rings. The summed E-state index contributed by atoms with van der Waals surface area (Å²) in [5.74, 6) is 1.14. The van der Waals surface area contributed by atoms with Crippen molar-refractivity contribution in [3.05, 3.63) is 62.2 Å². The molecule has 0 bridgehead atoms. The third-order valence-corrected chi connectivity index (χ3v) is 6.16. The molecule has 1 N–H and O–H groups in total. The van der Waals surface area contributed by atoms with Crippen LogP contribution in [0.5, 0.6) is 0 Å². The van der Waals surface area contributed by atoms with Crippen LogP contribution in [0.2, 0.25) is 0 Å². The van der Waals surface area contributed by atoms with Crippen LogP contribution in [0.4, 0.5) is 5.69 Å². The fourth-order valence-corrected chi connectivity index (χ4v) is 4.53. The van der Waals surface area contributed by atoms with Crippen molar-refractivity contribution in [3.63, 3.8) is 0 Å². The highest BCUT2D eigenvalue weighted by Gasteiger charge is 2.08. The summed E-state index contributed by atoms with van der Waals surface area (Å²) in [4.78, 5) is 24.0. The van der Waals surface area contributed by atoms with Gasteiger partial charge in [-0.3, -0.25) is 14.2 Å². The largest absolute Gasteiger partial charge is 0.325 e. The van der Waals surface area contributed by atoms with Gasteiger partial charge in [0.2, 0.25) is 5.91 Å². The van der Waals surface area contributed by atoms with Gasteiger partial charge in [0.05, 0.1) is 16.0 Å². The van der Waals surface area contributed by atoms with Crippen LogP contribution in [-0.4, -0.2) is 16.2 Å². The molecule has 4 nitrogen and oxygen atoms in total. The number of halogens is 1. The van der Waals surface area contributed by atoms with Crippen LogP contribution in [0.15, 0.2) is 51.7 Å². The molecule has 0 unspecified atom stereocenters. The van der Waals surface area contributed by atoms with E-state index in [4.69, 9.17) is 0 Å². The number of aromatic nitrogens is 1. The zero-order valence-electron chi connectivity index (χ0n) is 13.6. The Hall–Kier alpha value is -1.57. The number of rotatable bonds is 6. The Morgan fingerprint density at radius 3 is 2.72 bits per heavy atom. The van der Waals surface area contributed by atoms with Gasteiger partial charge in [-0.2, -0.15) is 0 Å². The number of fused-ring (bicyclic) bond motifs is 1. The van der Waals surface area contributed by atoms with Gasteiger partial charge in [0.1, 0.15) is 0 Å². The summed E-state index contributed by atoms with van der Waals surface area (Å²) in [6, 6.07) is 13.7. The molecule has 0 aliphatic rings. The van der Waals surface area contributed by atoms with E-state index in [1.807, 2.05) is 49.4 Å². The van der Waals surface area contributed by atoms with E-state index in [0.29, 0.717) is 12.3 Å². The first-order chi connectivity index (χ1) is 12.1. The number of aryl methyl sites for hydroxylation is 1. The van der Waals surface area contributed by atoms with Gasteiger partial charge >= 0.3 is 4.87 Å². The molecule has 0 spiro atoms. The second-order valence-electron chi connectivity index (χ2n) is 5.46. The van der Waals surface area contributed by atoms with Crippen LogP contribution >= 0.6 is 39.0 Å². The van der Waals surface area contributed by atoms with Crippen molar-refractivity contribution in [2.75, 3.05) is 11.1 Å². The number of carbonyl (C=O) groups is 1. The number of hydrogen-bond acceptors (Lipinski definition) is 4. The molecule has 1 heterocycles. The van der Waals surface area contributed by atoms with Gasteiger partial charge in [-0.15, -0.1) is 11.8 Å². The van der Waals surface area contributed by atoms with Gasteiger partial charge in [0, 0.05) is 22.5 Å². The Bertz CT molecular complexity index is 948. The van der Waals surface area contributed by atoms with Gasteiger partial charge in [-0.05, 0) is 42.8 Å². The van der Waals surface area contributed by atoms with Crippen molar-refractivity contribution in [2.45, 2.75) is 19.2 Å². The molecule has 3 aromatic rings. The molecule has 1 amide bonds. The lowest BCUT2D eigenvalue weighted by Gasteiger charge is -2.06. The Morgan fingerprint density at radius 1 is 1.24 bits per heavy atom. The summed E-state index contributed by atoms with van der Waals surface area (Å²) < 4.78 is 3.68. The molecule has 7 heteroatoms. The molecule has 0 saturated heterocycles. The molecule has 0 saturated carbocycles. The summed E-state index contributed by atoms with van der Waals surface area (Å²) >= 11 is 6.19. The van der Waals surface area contributed by atoms with Crippen molar-refractivity contribution < 1.29 is 4.79 Å². The van der Waals surface area contributed by atoms with Crippen LogP contribution in [0, 0.1) is 0 Å². The molecule has 0 aliphatic heterocycles. The van der Waals surface area contributed by atoms with E-state index in [0.717, 1.165) is 26.1 Å². The minimum Gasteiger partial charge on any atom is -0.325 e. The third-order valence-electron chi connectivity index (χ3n) is 3.68.